The first-order chi connectivity index (χ1) is 18.6. The van der Waals surface area contributed by atoms with E-state index in [-0.39, 0.29) is 6.10 Å². The molecule has 1 unspecified atom stereocenters. The molecule has 38 heavy (non-hydrogen) atoms. The Morgan fingerprint density at radius 2 is 1.45 bits per heavy atom. The van der Waals surface area contributed by atoms with Crippen molar-refractivity contribution in [3.05, 3.63) is 12.7 Å². The van der Waals surface area contributed by atoms with E-state index in [1.54, 1.807) is 6.33 Å². The van der Waals surface area contributed by atoms with Crippen molar-refractivity contribution in [3.8, 4) is 0 Å². The van der Waals surface area contributed by atoms with E-state index in [1.807, 2.05) is 33.1 Å². The van der Waals surface area contributed by atoms with Gasteiger partial charge in [0.25, 0.3) is 0 Å². The average molecular weight is 586 g/mol. The van der Waals surface area contributed by atoms with Crippen LogP contribution in [0.15, 0.2) is 12.7 Å². The number of ether oxygens (including phenoxy) is 1. The fraction of sp³-hybridized carbons (Fsp3) is 0.821. The third-order valence-corrected chi connectivity index (χ3v) is 10.7. The third-order valence-electron chi connectivity index (χ3n) is 6.76. The lowest BCUT2D eigenvalue weighted by molar-refractivity contribution is 0.0880. The Morgan fingerprint density at radius 1 is 0.868 bits per heavy atom. The Bertz CT molecular complexity index is 886. The van der Waals surface area contributed by atoms with E-state index in [4.69, 9.17) is 10.5 Å². The second-order valence-electron chi connectivity index (χ2n) is 10.3. The first kappa shape index (κ1) is 33.4. The van der Waals surface area contributed by atoms with Gasteiger partial charge in [-0.1, -0.05) is 112 Å². The minimum absolute atomic E-state index is 0.0763. The van der Waals surface area contributed by atoms with Gasteiger partial charge in [-0.15, -0.1) is 0 Å². The van der Waals surface area contributed by atoms with Crippen LogP contribution in [0.3, 0.4) is 0 Å². The minimum Gasteiger partial charge on any atom is -0.382 e. The van der Waals surface area contributed by atoms with Gasteiger partial charge in [-0.05, 0) is 19.8 Å². The molecule has 2 heterocycles. The molecule has 10 heteroatoms. The third kappa shape index (κ3) is 15.1. The van der Waals surface area contributed by atoms with Gasteiger partial charge in [0, 0.05) is 17.7 Å². The van der Waals surface area contributed by atoms with Crippen LogP contribution in [0.1, 0.15) is 110 Å². The number of aromatic nitrogens is 4. The van der Waals surface area contributed by atoms with Crippen molar-refractivity contribution in [2.75, 3.05) is 29.7 Å². The van der Waals surface area contributed by atoms with Crippen LogP contribution in [0.4, 0.5) is 5.82 Å². The van der Waals surface area contributed by atoms with Crippen LogP contribution in [0.25, 0.3) is 11.2 Å². The SMILES string of the molecule is CCCCCCCCCCCCCCCCSSCCC[PH](=O)CO[C@H](C)Cn1cnc2c(N)ncnc21. The summed E-state index contributed by atoms with van der Waals surface area (Å²) in [5, 5.41) is 0. The van der Waals surface area contributed by atoms with E-state index >= 15 is 0 Å². The van der Waals surface area contributed by atoms with Crippen molar-refractivity contribution >= 4 is 46.4 Å². The topological polar surface area (TPSA) is 95.9 Å². The smallest absolute Gasteiger partial charge is 0.165 e. The molecule has 218 valence electrons. The molecule has 2 rings (SSSR count). The Hall–Kier alpha value is -0.760. The van der Waals surface area contributed by atoms with E-state index in [2.05, 4.69) is 21.9 Å². The Balaban J connectivity index is 1.33. The summed E-state index contributed by atoms with van der Waals surface area (Å²) in [5.74, 6) is 2.68. The molecule has 0 fully saturated rings. The number of unbranched alkanes of at least 4 members (excludes halogenated alkanes) is 13. The zero-order valence-corrected chi connectivity index (χ0v) is 26.5. The van der Waals surface area contributed by atoms with Crippen LogP contribution in [0.2, 0.25) is 0 Å². The van der Waals surface area contributed by atoms with Crippen molar-refractivity contribution < 1.29 is 9.30 Å². The van der Waals surface area contributed by atoms with Gasteiger partial charge >= 0.3 is 0 Å². The molecular formula is C28H52N5O2PS2. The van der Waals surface area contributed by atoms with Gasteiger partial charge in [0.2, 0.25) is 0 Å². The Labute approximate surface area is 239 Å². The number of nitrogens with two attached hydrogens (primary N) is 1. The normalized spacial score (nSPS) is 13.3. The summed E-state index contributed by atoms with van der Waals surface area (Å²) < 4.78 is 20.1. The Kier molecular flexibility index (Phi) is 19.4. The second-order valence-corrected chi connectivity index (χ2v) is 14.9. The van der Waals surface area contributed by atoms with Crippen LogP contribution < -0.4 is 5.73 Å². The standard InChI is InChI=1S/C28H52N5O2PS2/c1-3-4-5-6-7-8-9-10-11-12-13-14-15-16-19-37-38-20-17-18-36(34)24-35-25(2)21-33-23-32-26-27(29)30-22-31-28(26)33/h22-23,25,36H,3-21,24H2,1-2H3,(H2,29,30,31)/t25-/m1/s1. The molecule has 0 saturated carbocycles. The molecule has 2 atom stereocenters. The van der Waals surface area contributed by atoms with Gasteiger partial charge in [0.1, 0.15) is 19.6 Å². The fourth-order valence-corrected chi connectivity index (χ4v) is 8.15. The fourth-order valence-electron chi connectivity index (χ4n) is 4.47. The van der Waals surface area contributed by atoms with Crippen molar-refractivity contribution in [1.29, 1.82) is 0 Å². The molecule has 0 amide bonds. The minimum atomic E-state index is -1.70. The Morgan fingerprint density at radius 3 is 2.08 bits per heavy atom. The maximum atomic E-state index is 12.4. The van der Waals surface area contributed by atoms with Crippen LogP contribution in [-0.2, 0) is 15.8 Å². The summed E-state index contributed by atoms with van der Waals surface area (Å²) in [5.41, 5.74) is 7.14. The van der Waals surface area contributed by atoms with Gasteiger partial charge < -0.3 is 19.6 Å². The van der Waals surface area contributed by atoms with Gasteiger partial charge in [0.15, 0.2) is 11.5 Å². The highest BCUT2D eigenvalue weighted by atomic mass is 33.1. The van der Waals surface area contributed by atoms with Crippen molar-refractivity contribution in [2.24, 2.45) is 0 Å². The number of nitrogen functional groups attached to an aromatic ring is 1. The van der Waals surface area contributed by atoms with E-state index in [9.17, 15) is 4.57 Å². The number of hydrogen-bond acceptors (Lipinski definition) is 8. The van der Waals surface area contributed by atoms with Gasteiger partial charge in [0.05, 0.1) is 25.3 Å². The maximum Gasteiger partial charge on any atom is 0.165 e. The number of hydrogen-bond donors (Lipinski definition) is 1. The highest BCUT2D eigenvalue weighted by molar-refractivity contribution is 8.76. The van der Waals surface area contributed by atoms with Gasteiger partial charge in [-0.25, -0.2) is 15.0 Å². The predicted molar refractivity (Wildman–Crippen MR) is 169 cm³/mol. The molecule has 0 aliphatic rings. The van der Waals surface area contributed by atoms with Crippen LogP contribution in [0, 0.1) is 0 Å². The summed E-state index contributed by atoms with van der Waals surface area (Å²) in [4.78, 5) is 12.5. The molecule has 0 aliphatic carbocycles. The van der Waals surface area contributed by atoms with Crippen molar-refractivity contribution in [1.82, 2.24) is 19.5 Å². The number of imidazole rings is 1. The maximum absolute atomic E-state index is 12.4. The first-order valence-corrected chi connectivity index (χ1v) is 19.2. The number of anilines is 1. The molecule has 0 bridgehead atoms. The largest absolute Gasteiger partial charge is 0.382 e. The molecule has 7 nitrogen and oxygen atoms in total. The predicted octanol–water partition coefficient (Wildman–Crippen LogP) is 8.58. The van der Waals surface area contributed by atoms with E-state index in [0.29, 0.717) is 29.9 Å². The highest BCUT2D eigenvalue weighted by Crippen LogP contribution is 2.28. The zero-order valence-electron chi connectivity index (χ0n) is 23.9. The molecular weight excluding hydrogens is 533 g/mol. The number of nitrogens with zero attached hydrogens (tertiary/aromatic N) is 4. The van der Waals surface area contributed by atoms with Crippen LogP contribution in [-0.4, -0.2) is 49.6 Å². The summed E-state index contributed by atoms with van der Waals surface area (Å²) in [6.45, 7) is 4.86. The van der Waals surface area contributed by atoms with Gasteiger partial charge in [-0.3, -0.25) is 0 Å². The zero-order chi connectivity index (χ0) is 27.3. The summed E-state index contributed by atoms with van der Waals surface area (Å²) in [7, 11) is 2.21. The number of fused-ring (bicyclic) bond motifs is 1. The van der Waals surface area contributed by atoms with Gasteiger partial charge in [-0.2, -0.15) is 0 Å². The molecule has 0 saturated heterocycles. The summed E-state index contributed by atoms with van der Waals surface area (Å²) >= 11 is 0. The quantitative estimate of drug-likeness (QED) is 0.0703. The molecule has 0 aliphatic heterocycles. The molecule has 0 aromatic carbocycles. The average Bonchev–Trinajstić information content (AvgIpc) is 3.32. The lowest BCUT2D eigenvalue weighted by atomic mass is 10.0. The first-order valence-electron chi connectivity index (χ1n) is 14.9. The monoisotopic (exact) mass is 585 g/mol. The molecule has 2 aromatic rings. The van der Waals surface area contributed by atoms with E-state index in [1.165, 1.54) is 102 Å². The highest BCUT2D eigenvalue weighted by Gasteiger charge is 2.12. The summed E-state index contributed by atoms with van der Waals surface area (Å²) in [6, 6.07) is 0. The molecule has 2 aromatic heterocycles. The summed E-state index contributed by atoms with van der Waals surface area (Å²) in [6.07, 6.45) is 24.9. The van der Waals surface area contributed by atoms with E-state index in [0.717, 1.165) is 18.3 Å². The number of rotatable bonds is 25. The molecule has 0 spiro atoms. The van der Waals surface area contributed by atoms with E-state index < -0.39 is 7.80 Å². The molecule has 0 radical (unpaired) electrons. The lowest BCUT2D eigenvalue weighted by Gasteiger charge is -2.14. The van der Waals surface area contributed by atoms with Crippen molar-refractivity contribution in [2.45, 2.75) is 123 Å². The van der Waals surface area contributed by atoms with Crippen LogP contribution >= 0.6 is 29.4 Å². The molecule has 2 N–H and O–H groups in total. The van der Waals surface area contributed by atoms with Crippen LogP contribution in [0.5, 0.6) is 0 Å². The second kappa shape index (κ2) is 22.0. The lowest BCUT2D eigenvalue weighted by Crippen LogP contribution is -2.16. The van der Waals surface area contributed by atoms with Crippen molar-refractivity contribution in [3.63, 3.8) is 0 Å².